The third-order valence-electron chi connectivity index (χ3n) is 10.8. The van der Waals surface area contributed by atoms with E-state index in [1.54, 1.807) is 0 Å². The van der Waals surface area contributed by atoms with E-state index in [1.165, 1.54) is 96.8 Å². The Kier molecular flexibility index (Phi) is 6.49. The fraction of sp³-hybridized carbons (Fsp3) is 0. The zero-order chi connectivity index (χ0) is 34.2. The molecule has 0 fully saturated rings. The molecule has 0 N–H and O–H groups in total. The summed E-state index contributed by atoms with van der Waals surface area (Å²) in [5, 5.41) is 11.7. The zero-order valence-electron chi connectivity index (χ0n) is 28.3. The number of rotatable bonds is 4. The minimum Gasteiger partial charge on any atom is -0.316 e. The van der Waals surface area contributed by atoms with Gasteiger partial charge in [0, 0.05) is 43.0 Å². The van der Waals surface area contributed by atoms with Crippen LogP contribution < -0.4 is 0 Å². The van der Waals surface area contributed by atoms with Gasteiger partial charge >= 0.3 is 0 Å². The van der Waals surface area contributed by atoms with Gasteiger partial charge in [0.05, 0.1) is 5.52 Å². The smallest absolute Gasteiger partial charge is 0.0534 e. The zero-order valence-corrected chi connectivity index (χ0v) is 29.1. The Labute approximate surface area is 305 Å². The van der Waals surface area contributed by atoms with E-state index in [1.807, 2.05) is 11.3 Å². The molecular formula is C50H31NS. The van der Waals surface area contributed by atoms with Gasteiger partial charge < -0.3 is 4.57 Å². The van der Waals surface area contributed by atoms with Crippen LogP contribution in [0.3, 0.4) is 0 Å². The predicted octanol–water partition coefficient (Wildman–Crippen LogP) is 14.5. The quantitative estimate of drug-likeness (QED) is 0.163. The molecule has 0 spiro atoms. The van der Waals surface area contributed by atoms with Crippen molar-refractivity contribution in [3.8, 4) is 39.1 Å². The summed E-state index contributed by atoms with van der Waals surface area (Å²) in [6.07, 6.45) is 2.29. The van der Waals surface area contributed by atoms with E-state index in [0.29, 0.717) is 0 Å². The van der Waals surface area contributed by atoms with Crippen LogP contribution in [0.25, 0.3) is 102 Å². The third-order valence-corrected chi connectivity index (χ3v) is 12.1. The van der Waals surface area contributed by atoms with E-state index in [0.717, 1.165) is 5.69 Å². The molecule has 0 aliphatic heterocycles. The van der Waals surface area contributed by atoms with E-state index in [9.17, 15) is 0 Å². The van der Waals surface area contributed by atoms with E-state index >= 15 is 0 Å². The van der Waals surface area contributed by atoms with Crippen LogP contribution in [0.2, 0.25) is 0 Å². The minimum atomic E-state index is 1.16. The van der Waals surface area contributed by atoms with E-state index in [2.05, 4.69) is 193 Å². The number of para-hydroxylation sites is 1. The van der Waals surface area contributed by atoms with Gasteiger partial charge in [-0.25, -0.2) is 0 Å². The SMILES string of the molecule is c1ccc(-c2cn(-c3cccc(-c4cccc5c4sc4c(-c6ccc7c8ccccc8c8ccccc8c7c6)cccc45)c3)c3ccccc23)cc1. The Morgan fingerprint density at radius 1 is 0.308 bits per heavy atom. The minimum absolute atomic E-state index is 1.16. The molecule has 0 unspecified atom stereocenters. The first-order chi connectivity index (χ1) is 25.8. The Balaban J connectivity index is 1.08. The summed E-state index contributed by atoms with van der Waals surface area (Å²) < 4.78 is 4.99. The molecule has 2 aromatic heterocycles. The Morgan fingerprint density at radius 3 is 1.48 bits per heavy atom. The van der Waals surface area contributed by atoms with Crippen LogP contribution in [-0.4, -0.2) is 4.57 Å². The first-order valence-corrected chi connectivity index (χ1v) is 18.7. The molecule has 242 valence electrons. The molecular weight excluding hydrogens is 647 g/mol. The van der Waals surface area contributed by atoms with Crippen molar-refractivity contribution >= 4 is 74.7 Å². The number of benzene rings is 9. The second-order valence-electron chi connectivity index (χ2n) is 13.7. The van der Waals surface area contributed by atoms with Crippen molar-refractivity contribution in [3.05, 3.63) is 188 Å². The lowest BCUT2D eigenvalue weighted by Gasteiger charge is -2.12. The molecule has 0 saturated carbocycles. The van der Waals surface area contributed by atoms with Crippen molar-refractivity contribution in [2.75, 3.05) is 0 Å². The van der Waals surface area contributed by atoms with Crippen molar-refractivity contribution in [2.24, 2.45) is 0 Å². The Morgan fingerprint density at radius 2 is 0.808 bits per heavy atom. The normalized spacial score (nSPS) is 11.8. The maximum Gasteiger partial charge on any atom is 0.0534 e. The number of thiophene rings is 1. The number of hydrogen-bond acceptors (Lipinski definition) is 1. The van der Waals surface area contributed by atoms with Crippen molar-refractivity contribution in [2.45, 2.75) is 0 Å². The van der Waals surface area contributed by atoms with E-state index in [4.69, 9.17) is 0 Å². The second-order valence-corrected chi connectivity index (χ2v) is 14.7. The largest absolute Gasteiger partial charge is 0.316 e. The summed E-state index contributed by atoms with van der Waals surface area (Å²) in [7, 11) is 0. The lowest BCUT2D eigenvalue weighted by atomic mass is 9.92. The van der Waals surface area contributed by atoms with E-state index in [-0.39, 0.29) is 0 Å². The van der Waals surface area contributed by atoms with Crippen LogP contribution in [0.5, 0.6) is 0 Å². The predicted molar refractivity (Wildman–Crippen MR) is 225 cm³/mol. The Hall–Kier alpha value is -6.48. The highest BCUT2D eigenvalue weighted by Crippen LogP contribution is 2.45. The van der Waals surface area contributed by atoms with Crippen LogP contribution in [-0.2, 0) is 0 Å². The molecule has 0 aliphatic rings. The van der Waals surface area contributed by atoms with Crippen molar-refractivity contribution in [3.63, 3.8) is 0 Å². The molecule has 1 nitrogen and oxygen atoms in total. The summed E-state index contributed by atoms with van der Waals surface area (Å²) in [5.41, 5.74) is 9.86. The van der Waals surface area contributed by atoms with Gasteiger partial charge in [-0.15, -0.1) is 11.3 Å². The maximum atomic E-state index is 2.42. The van der Waals surface area contributed by atoms with Crippen molar-refractivity contribution < 1.29 is 0 Å². The van der Waals surface area contributed by atoms with Crippen molar-refractivity contribution in [1.29, 1.82) is 0 Å². The highest BCUT2D eigenvalue weighted by atomic mass is 32.1. The average molecular weight is 678 g/mol. The van der Waals surface area contributed by atoms with Gasteiger partial charge in [0.1, 0.15) is 0 Å². The van der Waals surface area contributed by atoms with E-state index < -0.39 is 0 Å². The second kappa shape index (κ2) is 11.5. The first kappa shape index (κ1) is 29.3. The topological polar surface area (TPSA) is 4.93 Å². The summed E-state index contributed by atoms with van der Waals surface area (Å²) >= 11 is 1.91. The molecule has 0 radical (unpaired) electrons. The number of nitrogens with zero attached hydrogens (tertiary/aromatic N) is 1. The number of aromatic nitrogens is 1. The fourth-order valence-electron chi connectivity index (χ4n) is 8.41. The lowest BCUT2D eigenvalue weighted by Crippen LogP contribution is -1.92. The third kappa shape index (κ3) is 4.41. The van der Waals surface area contributed by atoms with Crippen LogP contribution in [0.4, 0.5) is 0 Å². The van der Waals surface area contributed by atoms with Crippen LogP contribution in [0, 0.1) is 0 Å². The molecule has 11 rings (SSSR count). The summed E-state index contributed by atoms with van der Waals surface area (Å²) in [4.78, 5) is 0. The molecule has 2 heteroatoms. The molecule has 0 atom stereocenters. The standard InChI is InChI=1S/C50H31NS/c1-2-13-32(14-3-1)47-31-51(48-26-9-8-21-43(47)48)35-16-10-15-33(29-35)36-22-11-24-44-45-25-12-23-37(50(45)52-49(36)44)34-27-28-42-40-19-5-4-17-38(40)39-18-6-7-20-41(39)46(42)30-34/h1-31H. The van der Waals surface area contributed by atoms with Gasteiger partial charge in [-0.1, -0.05) is 158 Å². The summed E-state index contributed by atoms with van der Waals surface area (Å²) in [5.74, 6) is 0. The fourth-order valence-corrected chi connectivity index (χ4v) is 9.79. The van der Waals surface area contributed by atoms with Crippen molar-refractivity contribution in [1.82, 2.24) is 4.57 Å². The molecule has 0 saturated heterocycles. The molecule has 9 aromatic carbocycles. The molecule has 0 bridgehead atoms. The van der Waals surface area contributed by atoms with Crippen LogP contribution >= 0.6 is 11.3 Å². The molecule has 11 aromatic rings. The van der Waals surface area contributed by atoms with Gasteiger partial charge in [0.25, 0.3) is 0 Å². The number of hydrogen-bond donors (Lipinski definition) is 0. The van der Waals surface area contributed by atoms with Gasteiger partial charge in [-0.2, -0.15) is 0 Å². The molecule has 2 heterocycles. The summed E-state index contributed by atoms with van der Waals surface area (Å²) in [6, 6.07) is 66.7. The summed E-state index contributed by atoms with van der Waals surface area (Å²) in [6.45, 7) is 0. The molecule has 0 amide bonds. The first-order valence-electron chi connectivity index (χ1n) is 17.8. The van der Waals surface area contributed by atoms with Gasteiger partial charge in [0.2, 0.25) is 0 Å². The molecule has 52 heavy (non-hydrogen) atoms. The molecule has 0 aliphatic carbocycles. The maximum absolute atomic E-state index is 2.42. The van der Waals surface area contributed by atoms with Gasteiger partial charge in [-0.3, -0.25) is 0 Å². The highest BCUT2D eigenvalue weighted by Gasteiger charge is 2.17. The monoisotopic (exact) mass is 677 g/mol. The van der Waals surface area contributed by atoms with Gasteiger partial charge in [0.15, 0.2) is 0 Å². The number of fused-ring (bicyclic) bond motifs is 10. The van der Waals surface area contributed by atoms with Gasteiger partial charge in [-0.05, 0) is 84.4 Å². The lowest BCUT2D eigenvalue weighted by molar-refractivity contribution is 1.13. The highest BCUT2D eigenvalue weighted by molar-refractivity contribution is 7.26. The van der Waals surface area contributed by atoms with Crippen LogP contribution in [0.15, 0.2) is 188 Å². The Bertz CT molecular complexity index is 3150. The van der Waals surface area contributed by atoms with Crippen LogP contribution in [0.1, 0.15) is 0 Å². The average Bonchev–Trinajstić information content (AvgIpc) is 3.81.